The zero-order valence-corrected chi connectivity index (χ0v) is 18.7. The van der Waals surface area contributed by atoms with E-state index in [-0.39, 0.29) is 17.5 Å². The van der Waals surface area contributed by atoms with E-state index in [0.29, 0.717) is 23.0 Å². The number of aliphatic hydroxyl groups is 1. The maximum Gasteiger partial charge on any atom is 0.204 e. The second-order valence-corrected chi connectivity index (χ2v) is 8.45. The summed E-state index contributed by atoms with van der Waals surface area (Å²) < 4.78 is 23.1. The van der Waals surface area contributed by atoms with Gasteiger partial charge in [0, 0.05) is 18.7 Å². The molecule has 1 saturated heterocycles. The van der Waals surface area contributed by atoms with Crippen LogP contribution in [0.25, 0.3) is 17.1 Å². The second kappa shape index (κ2) is 9.48. The minimum Gasteiger partial charge on any atom is -0.497 e. The Morgan fingerprint density at radius 2 is 2.03 bits per heavy atom. The van der Waals surface area contributed by atoms with Gasteiger partial charge < -0.3 is 9.84 Å². The van der Waals surface area contributed by atoms with Crippen LogP contribution in [0.4, 0.5) is 4.39 Å². The van der Waals surface area contributed by atoms with Crippen LogP contribution in [0.1, 0.15) is 12.8 Å². The maximum absolute atomic E-state index is 13.8. The number of hydrogen-bond acceptors (Lipinski definition) is 5. The van der Waals surface area contributed by atoms with E-state index in [9.17, 15) is 9.50 Å². The molecule has 1 aliphatic heterocycles. The van der Waals surface area contributed by atoms with E-state index in [0.717, 1.165) is 37.2 Å². The van der Waals surface area contributed by atoms with Crippen LogP contribution in [0.5, 0.6) is 5.75 Å². The number of rotatable bonds is 6. The van der Waals surface area contributed by atoms with Gasteiger partial charge in [0.2, 0.25) is 4.77 Å². The predicted octanol–water partition coefficient (Wildman–Crippen LogP) is 4.53. The van der Waals surface area contributed by atoms with Crippen molar-refractivity contribution in [2.75, 3.05) is 26.8 Å². The molecule has 1 fully saturated rings. The Labute approximate surface area is 190 Å². The Kier molecular flexibility index (Phi) is 6.71. The molecule has 1 unspecified atom stereocenters. The molecule has 164 valence electrons. The molecule has 0 radical (unpaired) electrons. The molecule has 0 amide bonds. The van der Waals surface area contributed by atoms with Crippen molar-refractivity contribution in [2.24, 2.45) is 5.92 Å². The fraction of sp³-hybridized carbons (Fsp3) is 0.364. The SMILES string of the molecule is COc1ccc(-c2nn(CN3CCCC(CO)C3)c(=S)n2-c2ccc(F)c(Cl)c2)cc1. The predicted molar refractivity (Wildman–Crippen MR) is 121 cm³/mol. The zero-order chi connectivity index (χ0) is 22.0. The molecular formula is C22H24ClFN4O2S. The Balaban J connectivity index is 1.77. The van der Waals surface area contributed by atoms with E-state index in [1.54, 1.807) is 28.5 Å². The van der Waals surface area contributed by atoms with E-state index in [2.05, 4.69) is 4.90 Å². The van der Waals surface area contributed by atoms with Crippen LogP contribution in [-0.2, 0) is 6.67 Å². The van der Waals surface area contributed by atoms with Gasteiger partial charge in [-0.15, -0.1) is 5.10 Å². The van der Waals surface area contributed by atoms with E-state index in [1.165, 1.54) is 6.07 Å². The fourth-order valence-electron chi connectivity index (χ4n) is 3.90. The summed E-state index contributed by atoms with van der Waals surface area (Å²) in [5.74, 6) is 1.15. The zero-order valence-electron chi connectivity index (χ0n) is 17.2. The summed E-state index contributed by atoms with van der Waals surface area (Å²) >= 11 is 11.8. The lowest BCUT2D eigenvalue weighted by atomic mass is 10.00. The van der Waals surface area contributed by atoms with Crippen LogP contribution in [0.2, 0.25) is 5.02 Å². The summed E-state index contributed by atoms with van der Waals surface area (Å²) in [6.45, 7) is 2.42. The van der Waals surface area contributed by atoms with Crippen molar-refractivity contribution in [3.8, 4) is 22.8 Å². The van der Waals surface area contributed by atoms with Gasteiger partial charge in [0.25, 0.3) is 0 Å². The number of hydrogen-bond donors (Lipinski definition) is 1. The largest absolute Gasteiger partial charge is 0.497 e. The fourth-order valence-corrected chi connectivity index (χ4v) is 4.37. The lowest BCUT2D eigenvalue weighted by Gasteiger charge is -2.31. The molecule has 0 spiro atoms. The number of methoxy groups -OCH3 is 1. The Morgan fingerprint density at radius 1 is 1.26 bits per heavy atom. The second-order valence-electron chi connectivity index (χ2n) is 7.68. The first-order valence-electron chi connectivity index (χ1n) is 10.1. The molecule has 0 aliphatic carbocycles. The third kappa shape index (κ3) is 4.67. The molecule has 4 rings (SSSR count). The van der Waals surface area contributed by atoms with Crippen molar-refractivity contribution in [2.45, 2.75) is 19.5 Å². The Hall–Kier alpha value is -2.26. The van der Waals surface area contributed by atoms with Crippen LogP contribution in [0.15, 0.2) is 42.5 Å². The first-order chi connectivity index (χ1) is 15.0. The molecular weight excluding hydrogens is 439 g/mol. The standard InChI is InChI=1S/C22H24ClFN4O2S/c1-30-18-7-4-16(5-8-18)21-25-27(14-26-10-2-3-15(12-26)13-29)22(31)28(21)17-6-9-20(24)19(23)11-17/h4-9,11,15,29H,2-3,10,12-14H2,1H3. The van der Waals surface area contributed by atoms with Gasteiger partial charge in [-0.05, 0) is 80.0 Å². The molecule has 0 bridgehead atoms. The molecule has 1 aromatic heterocycles. The van der Waals surface area contributed by atoms with Crippen molar-refractivity contribution in [1.82, 2.24) is 19.2 Å². The van der Waals surface area contributed by atoms with Crippen molar-refractivity contribution in [3.05, 3.63) is 58.1 Å². The van der Waals surface area contributed by atoms with Gasteiger partial charge in [-0.3, -0.25) is 9.47 Å². The number of nitrogens with zero attached hydrogens (tertiary/aromatic N) is 4. The topological polar surface area (TPSA) is 55.4 Å². The van der Waals surface area contributed by atoms with Crippen LogP contribution < -0.4 is 4.74 Å². The maximum atomic E-state index is 13.8. The molecule has 1 aliphatic rings. The summed E-state index contributed by atoms with van der Waals surface area (Å²) in [4.78, 5) is 2.24. The summed E-state index contributed by atoms with van der Waals surface area (Å²) in [5.41, 5.74) is 1.48. The van der Waals surface area contributed by atoms with E-state index >= 15 is 0 Å². The number of aliphatic hydroxyl groups excluding tert-OH is 1. The van der Waals surface area contributed by atoms with Crippen molar-refractivity contribution < 1.29 is 14.2 Å². The molecule has 3 aromatic rings. The van der Waals surface area contributed by atoms with Gasteiger partial charge in [0.1, 0.15) is 11.6 Å². The molecule has 1 atom stereocenters. The molecule has 2 aromatic carbocycles. The summed E-state index contributed by atoms with van der Waals surface area (Å²) in [7, 11) is 1.62. The van der Waals surface area contributed by atoms with Gasteiger partial charge in [0.15, 0.2) is 5.82 Å². The number of benzene rings is 2. The number of aromatic nitrogens is 3. The number of ether oxygens (including phenoxy) is 1. The molecule has 2 heterocycles. The van der Waals surface area contributed by atoms with Crippen LogP contribution in [0.3, 0.4) is 0 Å². The Bertz CT molecular complexity index is 1120. The summed E-state index contributed by atoms with van der Waals surface area (Å²) in [6.07, 6.45) is 2.05. The average Bonchev–Trinajstić information content (AvgIpc) is 3.11. The first kappa shape index (κ1) is 22.0. The molecule has 1 N–H and O–H groups in total. The van der Waals surface area contributed by atoms with E-state index in [1.807, 2.05) is 24.3 Å². The van der Waals surface area contributed by atoms with Gasteiger partial charge in [-0.2, -0.15) is 0 Å². The quantitative estimate of drug-likeness (QED) is 0.545. The highest BCUT2D eigenvalue weighted by Gasteiger charge is 2.22. The molecule has 9 heteroatoms. The molecule has 0 saturated carbocycles. The molecule has 6 nitrogen and oxygen atoms in total. The Morgan fingerprint density at radius 3 is 2.71 bits per heavy atom. The highest BCUT2D eigenvalue weighted by Crippen LogP contribution is 2.27. The monoisotopic (exact) mass is 462 g/mol. The lowest BCUT2D eigenvalue weighted by Crippen LogP contribution is -2.38. The third-order valence-corrected chi connectivity index (χ3v) is 6.23. The smallest absolute Gasteiger partial charge is 0.204 e. The summed E-state index contributed by atoms with van der Waals surface area (Å²) in [6, 6.07) is 12.0. The number of piperidine rings is 1. The summed E-state index contributed by atoms with van der Waals surface area (Å²) in [5, 5.41) is 14.4. The third-order valence-electron chi connectivity index (χ3n) is 5.54. The van der Waals surface area contributed by atoms with Crippen LogP contribution in [0, 0.1) is 16.5 Å². The number of halogens is 2. The molecule has 31 heavy (non-hydrogen) atoms. The van der Waals surface area contributed by atoms with Gasteiger partial charge in [-0.25, -0.2) is 9.07 Å². The van der Waals surface area contributed by atoms with Gasteiger partial charge >= 0.3 is 0 Å². The highest BCUT2D eigenvalue weighted by atomic mass is 35.5. The van der Waals surface area contributed by atoms with E-state index < -0.39 is 5.82 Å². The van der Waals surface area contributed by atoms with Crippen molar-refractivity contribution in [3.63, 3.8) is 0 Å². The van der Waals surface area contributed by atoms with Gasteiger partial charge in [0.05, 0.1) is 24.5 Å². The lowest BCUT2D eigenvalue weighted by molar-refractivity contribution is 0.0939. The first-order valence-corrected chi connectivity index (χ1v) is 10.9. The normalized spacial score (nSPS) is 17.1. The van der Waals surface area contributed by atoms with E-state index in [4.69, 9.17) is 33.7 Å². The highest BCUT2D eigenvalue weighted by molar-refractivity contribution is 7.71. The van der Waals surface area contributed by atoms with Crippen molar-refractivity contribution in [1.29, 1.82) is 0 Å². The van der Waals surface area contributed by atoms with Crippen LogP contribution >= 0.6 is 23.8 Å². The van der Waals surface area contributed by atoms with Crippen LogP contribution in [-0.4, -0.2) is 51.2 Å². The minimum absolute atomic E-state index is 0.0228. The van der Waals surface area contributed by atoms with Gasteiger partial charge in [-0.1, -0.05) is 11.6 Å². The minimum atomic E-state index is -0.487. The average molecular weight is 463 g/mol. The number of likely N-dealkylation sites (tertiary alicyclic amines) is 1. The van der Waals surface area contributed by atoms with Crippen molar-refractivity contribution >= 4 is 23.8 Å².